The Hall–Kier alpha value is -0.710. The van der Waals surface area contributed by atoms with E-state index in [0.29, 0.717) is 11.8 Å². The molecule has 0 saturated carbocycles. The minimum atomic E-state index is 0. The number of piperidine rings is 1. The summed E-state index contributed by atoms with van der Waals surface area (Å²) in [6.45, 7) is 5.27. The fraction of sp³-hybridized carbons (Fsp3) is 0.533. The van der Waals surface area contributed by atoms with E-state index in [4.69, 9.17) is 0 Å². The van der Waals surface area contributed by atoms with Gasteiger partial charge < -0.3 is 10.6 Å². The lowest BCUT2D eigenvalue weighted by Crippen LogP contribution is -2.52. The number of hydrogen-bond acceptors (Lipinski definition) is 3. The van der Waals surface area contributed by atoms with Crippen molar-refractivity contribution in [2.45, 2.75) is 43.7 Å². The van der Waals surface area contributed by atoms with Gasteiger partial charge in [-0.15, -0.1) is 24.2 Å². The van der Waals surface area contributed by atoms with E-state index in [2.05, 4.69) is 48.7 Å². The number of aryl methyl sites for hydroxylation is 1. The maximum absolute atomic E-state index is 11.9. The Morgan fingerprint density at radius 2 is 2.10 bits per heavy atom. The van der Waals surface area contributed by atoms with Gasteiger partial charge in [0.05, 0.1) is 5.75 Å². The molecule has 1 heterocycles. The Morgan fingerprint density at radius 1 is 1.40 bits per heavy atom. The minimum Gasteiger partial charge on any atom is -0.351 e. The predicted molar refractivity (Wildman–Crippen MR) is 87.8 cm³/mol. The van der Waals surface area contributed by atoms with Crippen molar-refractivity contribution in [2.24, 2.45) is 0 Å². The lowest BCUT2D eigenvalue weighted by molar-refractivity contribution is -0.119. The summed E-state index contributed by atoms with van der Waals surface area (Å²) in [5.41, 5.74) is 1.25. The molecule has 1 aromatic rings. The highest BCUT2D eigenvalue weighted by Gasteiger charge is 2.22. The lowest BCUT2D eigenvalue weighted by Gasteiger charge is -2.30. The molecule has 0 aliphatic carbocycles. The van der Waals surface area contributed by atoms with E-state index in [9.17, 15) is 4.79 Å². The van der Waals surface area contributed by atoms with Crippen LogP contribution >= 0.6 is 24.2 Å². The van der Waals surface area contributed by atoms with Crippen LogP contribution in [-0.4, -0.2) is 30.3 Å². The van der Waals surface area contributed by atoms with Gasteiger partial charge in [-0.2, -0.15) is 0 Å². The molecule has 112 valence electrons. The van der Waals surface area contributed by atoms with Crippen LogP contribution in [0.2, 0.25) is 0 Å². The normalized spacial score (nSPS) is 21.9. The van der Waals surface area contributed by atoms with Crippen LogP contribution in [0.15, 0.2) is 29.2 Å². The Bertz CT molecular complexity index is 424. The van der Waals surface area contributed by atoms with Gasteiger partial charge in [0.15, 0.2) is 0 Å². The number of halogens is 1. The number of nitrogens with one attached hydrogen (secondary N) is 2. The molecule has 1 saturated heterocycles. The van der Waals surface area contributed by atoms with E-state index >= 15 is 0 Å². The van der Waals surface area contributed by atoms with E-state index in [1.807, 2.05) is 0 Å². The van der Waals surface area contributed by atoms with Gasteiger partial charge in [0.25, 0.3) is 0 Å². The van der Waals surface area contributed by atoms with Crippen molar-refractivity contribution in [1.82, 2.24) is 10.6 Å². The summed E-state index contributed by atoms with van der Waals surface area (Å²) in [5, 5.41) is 6.52. The largest absolute Gasteiger partial charge is 0.351 e. The third-order valence-corrected chi connectivity index (χ3v) is 4.51. The number of rotatable bonds is 4. The number of benzene rings is 1. The molecule has 1 aliphatic rings. The molecule has 1 aliphatic heterocycles. The zero-order valence-electron chi connectivity index (χ0n) is 12.0. The summed E-state index contributed by atoms with van der Waals surface area (Å²) in [4.78, 5) is 13.1. The average Bonchev–Trinajstić information content (AvgIpc) is 2.41. The molecule has 2 unspecified atom stereocenters. The predicted octanol–water partition coefficient (Wildman–Crippen LogP) is 2.77. The molecule has 20 heavy (non-hydrogen) atoms. The summed E-state index contributed by atoms with van der Waals surface area (Å²) in [6, 6.07) is 8.94. The molecule has 3 nitrogen and oxygen atoms in total. The molecule has 1 aromatic carbocycles. The van der Waals surface area contributed by atoms with Crippen molar-refractivity contribution in [1.29, 1.82) is 0 Å². The maximum Gasteiger partial charge on any atom is 0.230 e. The second-order valence-corrected chi connectivity index (χ2v) is 6.21. The van der Waals surface area contributed by atoms with Gasteiger partial charge in [0.1, 0.15) is 0 Å². The highest BCUT2D eigenvalue weighted by molar-refractivity contribution is 8.00. The second-order valence-electron chi connectivity index (χ2n) is 5.16. The number of carbonyl (C=O) groups excluding carboxylic acids is 1. The van der Waals surface area contributed by atoms with E-state index in [-0.39, 0.29) is 24.4 Å². The Balaban J connectivity index is 0.00000200. The molecule has 5 heteroatoms. The topological polar surface area (TPSA) is 41.1 Å². The average molecular weight is 315 g/mol. The van der Waals surface area contributed by atoms with E-state index in [1.54, 1.807) is 11.8 Å². The first-order valence-electron chi connectivity index (χ1n) is 6.87. The van der Waals surface area contributed by atoms with Crippen LogP contribution in [0.5, 0.6) is 0 Å². The highest BCUT2D eigenvalue weighted by atomic mass is 35.5. The van der Waals surface area contributed by atoms with Crippen molar-refractivity contribution >= 4 is 30.1 Å². The van der Waals surface area contributed by atoms with Gasteiger partial charge >= 0.3 is 0 Å². The fourth-order valence-corrected chi connectivity index (χ4v) is 2.98. The van der Waals surface area contributed by atoms with Crippen LogP contribution in [-0.2, 0) is 4.79 Å². The zero-order valence-corrected chi connectivity index (χ0v) is 13.7. The van der Waals surface area contributed by atoms with E-state index < -0.39 is 0 Å². The third-order valence-electron chi connectivity index (χ3n) is 3.50. The van der Waals surface area contributed by atoms with Crippen molar-refractivity contribution in [3.8, 4) is 0 Å². The molecular weight excluding hydrogens is 292 g/mol. The van der Waals surface area contributed by atoms with Crippen molar-refractivity contribution < 1.29 is 4.79 Å². The first kappa shape index (κ1) is 17.3. The van der Waals surface area contributed by atoms with Crippen molar-refractivity contribution in [3.05, 3.63) is 29.8 Å². The molecule has 0 spiro atoms. The SMILES string of the molecule is Cc1ccc(SCC(=O)NC2CCCNC2C)cc1.Cl. The molecule has 0 bridgehead atoms. The van der Waals surface area contributed by atoms with Gasteiger partial charge in [-0.05, 0) is 45.4 Å². The van der Waals surface area contributed by atoms with Crippen LogP contribution < -0.4 is 10.6 Å². The summed E-state index contributed by atoms with van der Waals surface area (Å²) in [7, 11) is 0. The molecular formula is C15H23ClN2OS. The standard InChI is InChI=1S/C15H22N2OS.ClH/c1-11-5-7-13(8-6-11)19-10-15(18)17-14-4-3-9-16-12(14)2;/h5-8,12,14,16H,3-4,9-10H2,1-2H3,(H,17,18);1H. The Morgan fingerprint density at radius 3 is 2.75 bits per heavy atom. The van der Waals surface area contributed by atoms with Crippen LogP contribution in [0.4, 0.5) is 0 Å². The van der Waals surface area contributed by atoms with E-state index in [1.165, 1.54) is 5.56 Å². The second kappa shape index (κ2) is 8.55. The van der Waals surface area contributed by atoms with Crippen LogP contribution in [0.3, 0.4) is 0 Å². The first-order valence-corrected chi connectivity index (χ1v) is 7.86. The van der Waals surface area contributed by atoms with Gasteiger partial charge in [0.2, 0.25) is 5.91 Å². The van der Waals surface area contributed by atoms with Crippen molar-refractivity contribution in [3.63, 3.8) is 0 Å². The van der Waals surface area contributed by atoms with Crippen molar-refractivity contribution in [2.75, 3.05) is 12.3 Å². The van der Waals surface area contributed by atoms with Crippen LogP contribution in [0.25, 0.3) is 0 Å². The van der Waals surface area contributed by atoms with Crippen LogP contribution in [0, 0.1) is 6.92 Å². The smallest absolute Gasteiger partial charge is 0.230 e. The molecule has 2 atom stereocenters. The number of thioether (sulfide) groups is 1. The summed E-state index contributed by atoms with van der Waals surface area (Å²) < 4.78 is 0. The van der Waals surface area contributed by atoms with Gasteiger partial charge in [-0.3, -0.25) is 4.79 Å². The molecule has 2 rings (SSSR count). The highest BCUT2D eigenvalue weighted by Crippen LogP contribution is 2.18. The summed E-state index contributed by atoms with van der Waals surface area (Å²) in [6.07, 6.45) is 2.22. The fourth-order valence-electron chi connectivity index (χ4n) is 2.27. The summed E-state index contributed by atoms with van der Waals surface area (Å²) >= 11 is 1.59. The van der Waals surface area contributed by atoms with Gasteiger partial charge in [0, 0.05) is 17.0 Å². The minimum absolute atomic E-state index is 0. The molecule has 1 fully saturated rings. The van der Waals surface area contributed by atoms with E-state index in [0.717, 1.165) is 24.3 Å². The first-order chi connectivity index (χ1) is 9.15. The quantitative estimate of drug-likeness (QED) is 0.840. The molecule has 0 aromatic heterocycles. The van der Waals surface area contributed by atoms with Gasteiger partial charge in [-0.25, -0.2) is 0 Å². The monoisotopic (exact) mass is 314 g/mol. The molecule has 1 amide bonds. The molecule has 2 N–H and O–H groups in total. The summed E-state index contributed by atoms with van der Waals surface area (Å²) in [5.74, 6) is 0.623. The van der Waals surface area contributed by atoms with Gasteiger partial charge in [-0.1, -0.05) is 17.7 Å². The zero-order chi connectivity index (χ0) is 13.7. The van der Waals surface area contributed by atoms with Crippen LogP contribution in [0.1, 0.15) is 25.3 Å². The number of hydrogen-bond donors (Lipinski definition) is 2. The number of amides is 1. The Kier molecular flexibility index (Phi) is 7.41. The number of carbonyl (C=O) groups is 1. The maximum atomic E-state index is 11.9. The lowest BCUT2D eigenvalue weighted by atomic mass is 10.00. The Labute approximate surface area is 131 Å². The molecule has 0 radical (unpaired) electrons. The third kappa shape index (κ3) is 5.35.